The highest BCUT2D eigenvalue weighted by atomic mass is 19.1. The summed E-state index contributed by atoms with van der Waals surface area (Å²) in [6.45, 7) is 1.52. The van der Waals surface area contributed by atoms with E-state index in [-0.39, 0.29) is 16.8 Å². The van der Waals surface area contributed by atoms with Crippen molar-refractivity contribution < 1.29 is 14.3 Å². The number of nitrogens with zero attached hydrogens (tertiary/aromatic N) is 2. The molecule has 3 aromatic rings. The molecule has 0 aliphatic heterocycles. The normalized spacial score (nSPS) is 10.6. The van der Waals surface area contributed by atoms with Crippen LogP contribution in [0, 0.1) is 12.7 Å². The summed E-state index contributed by atoms with van der Waals surface area (Å²) in [5, 5.41) is 13.4. The molecule has 0 fully saturated rings. The maximum Gasteiger partial charge on any atom is 0.356 e. The van der Waals surface area contributed by atoms with Crippen molar-refractivity contribution in [3.8, 4) is 16.8 Å². The molecule has 0 aliphatic rings. The number of hydrogen-bond donors (Lipinski definition) is 1. The lowest BCUT2D eigenvalue weighted by molar-refractivity contribution is 0.0687. The van der Waals surface area contributed by atoms with Crippen LogP contribution in [0.2, 0.25) is 0 Å². The van der Waals surface area contributed by atoms with Gasteiger partial charge in [-0.1, -0.05) is 30.3 Å². The van der Waals surface area contributed by atoms with Crippen molar-refractivity contribution in [3.63, 3.8) is 0 Å². The van der Waals surface area contributed by atoms with Crippen LogP contribution in [-0.4, -0.2) is 20.9 Å². The monoisotopic (exact) mass is 324 g/mol. The Morgan fingerprint density at radius 2 is 1.71 bits per heavy atom. The summed E-state index contributed by atoms with van der Waals surface area (Å²) in [5.74, 6) is -1.67. The summed E-state index contributed by atoms with van der Waals surface area (Å²) in [6.07, 6.45) is 0. The number of para-hydroxylation sites is 1. The van der Waals surface area contributed by atoms with Crippen LogP contribution in [0.4, 0.5) is 4.39 Å². The van der Waals surface area contributed by atoms with Crippen LogP contribution in [0.3, 0.4) is 0 Å². The lowest BCUT2D eigenvalue weighted by Gasteiger charge is -2.12. The van der Waals surface area contributed by atoms with Gasteiger partial charge in [0.05, 0.1) is 11.3 Å². The fourth-order valence-corrected chi connectivity index (χ4v) is 2.51. The molecule has 0 radical (unpaired) electrons. The van der Waals surface area contributed by atoms with Crippen molar-refractivity contribution >= 4 is 5.97 Å². The van der Waals surface area contributed by atoms with E-state index in [1.165, 1.54) is 31.2 Å². The molecule has 1 heterocycles. The van der Waals surface area contributed by atoms with Gasteiger partial charge in [0.15, 0.2) is 5.69 Å². The van der Waals surface area contributed by atoms with Crippen molar-refractivity contribution in [2.45, 2.75) is 6.92 Å². The number of carbonyl (C=O) groups is 1. The van der Waals surface area contributed by atoms with Crippen LogP contribution < -0.4 is 5.56 Å². The third-order valence-corrected chi connectivity index (χ3v) is 3.67. The van der Waals surface area contributed by atoms with Crippen LogP contribution in [0.5, 0.6) is 0 Å². The molecular formula is C18H13FN2O3. The van der Waals surface area contributed by atoms with Gasteiger partial charge in [-0.05, 0) is 42.3 Å². The minimum absolute atomic E-state index is 0.186. The van der Waals surface area contributed by atoms with E-state index in [0.717, 1.165) is 4.68 Å². The zero-order valence-corrected chi connectivity index (χ0v) is 12.7. The average Bonchev–Trinajstić information content (AvgIpc) is 2.57. The first-order valence-corrected chi connectivity index (χ1v) is 7.17. The molecule has 0 spiro atoms. The molecule has 2 aromatic carbocycles. The molecule has 1 aromatic heterocycles. The van der Waals surface area contributed by atoms with Crippen molar-refractivity contribution in [3.05, 3.63) is 82.0 Å². The SMILES string of the molecule is Cc1c(C(=O)O)nn(-c2ccccc2)c(=O)c1-c1ccc(F)cc1. The molecule has 0 saturated heterocycles. The van der Waals surface area contributed by atoms with Crippen LogP contribution in [0.1, 0.15) is 16.1 Å². The molecule has 6 heteroatoms. The predicted octanol–water partition coefficient (Wildman–Crippen LogP) is 3.05. The second-order valence-corrected chi connectivity index (χ2v) is 5.21. The van der Waals surface area contributed by atoms with E-state index in [0.29, 0.717) is 11.3 Å². The Kier molecular flexibility index (Phi) is 3.95. The lowest BCUT2D eigenvalue weighted by Crippen LogP contribution is -2.27. The molecule has 3 rings (SSSR count). The second-order valence-electron chi connectivity index (χ2n) is 5.21. The Morgan fingerprint density at radius 1 is 1.08 bits per heavy atom. The summed E-state index contributed by atoms with van der Waals surface area (Å²) in [4.78, 5) is 24.4. The highest BCUT2D eigenvalue weighted by molar-refractivity contribution is 5.89. The van der Waals surface area contributed by atoms with Crippen molar-refractivity contribution in [2.24, 2.45) is 0 Å². The summed E-state index contributed by atoms with van der Waals surface area (Å²) in [7, 11) is 0. The van der Waals surface area contributed by atoms with Gasteiger partial charge in [-0.2, -0.15) is 9.78 Å². The van der Waals surface area contributed by atoms with Gasteiger partial charge in [0.1, 0.15) is 5.82 Å². The Bertz CT molecular complexity index is 964. The average molecular weight is 324 g/mol. The Balaban J connectivity index is 2.36. The van der Waals surface area contributed by atoms with Crippen LogP contribution in [-0.2, 0) is 0 Å². The first-order chi connectivity index (χ1) is 11.5. The van der Waals surface area contributed by atoms with Gasteiger partial charge in [-0.25, -0.2) is 9.18 Å². The Hall–Kier alpha value is -3.28. The topological polar surface area (TPSA) is 72.2 Å². The van der Waals surface area contributed by atoms with Gasteiger partial charge < -0.3 is 5.11 Å². The minimum atomic E-state index is -1.24. The summed E-state index contributed by atoms with van der Waals surface area (Å²) in [5.41, 5.74) is 0.632. The fraction of sp³-hybridized carbons (Fsp3) is 0.0556. The summed E-state index contributed by atoms with van der Waals surface area (Å²) < 4.78 is 14.2. The van der Waals surface area contributed by atoms with E-state index < -0.39 is 17.3 Å². The van der Waals surface area contributed by atoms with Crippen LogP contribution in [0.15, 0.2) is 59.4 Å². The maximum absolute atomic E-state index is 13.2. The molecule has 0 atom stereocenters. The van der Waals surface area contributed by atoms with Gasteiger partial charge in [0.25, 0.3) is 5.56 Å². The van der Waals surface area contributed by atoms with E-state index in [4.69, 9.17) is 0 Å². The number of carboxylic acids is 1. The van der Waals surface area contributed by atoms with Gasteiger partial charge >= 0.3 is 5.97 Å². The number of aromatic nitrogens is 2. The molecule has 0 bridgehead atoms. The van der Waals surface area contributed by atoms with Crippen molar-refractivity contribution in [2.75, 3.05) is 0 Å². The third kappa shape index (κ3) is 2.69. The number of hydrogen-bond acceptors (Lipinski definition) is 3. The van der Waals surface area contributed by atoms with E-state index in [1.807, 2.05) is 0 Å². The van der Waals surface area contributed by atoms with Gasteiger partial charge in [-0.15, -0.1) is 0 Å². The number of aromatic carboxylic acids is 1. The number of benzene rings is 2. The molecule has 5 nitrogen and oxygen atoms in total. The fourth-order valence-electron chi connectivity index (χ4n) is 2.51. The molecule has 0 saturated carbocycles. The standard InChI is InChI=1S/C18H13FN2O3/c1-11-15(12-7-9-13(19)10-8-12)17(22)21(20-16(11)18(23)24)14-5-3-2-4-6-14/h2-10H,1H3,(H,23,24). The quantitative estimate of drug-likeness (QED) is 0.804. The molecule has 0 amide bonds. The number of halogens is 1. The first-order valence-electron chi connectivity index (χ1n) is 7.17. The molecule has 1 N–H and O–H groups in total. The number of carboxylic acid groups (broad SMARTS) is 1. The van der Waals surface area contributed by atoms with Crippen LogP contribution in [0.25, 0.3) is 16.8 Å². The van der Waals surface area contributed by atoms with E-state index in [9.17, 15) is 19.1 Å². The van der Waals surface area contributed by atoms with Gasteiger partial charge in [0.2, 0.25) is 0 Å². The van der Waals surface area contributed by atoms with Gasteiger partial charge in [-0.3, -0.25) is 4.79 Å². The summed E-state index contributed by atoms with van der Waals surface area (Å²) in [6, 6.07) is 13.9. The molecule has 0 aliphatic carbocycles. The van der Waals surface area contributed by atoms with E-state index in [1.54, 1.807) is 30.3 Å². The smallest absolute Gasteiger partial charge is 0.356 e. The molecule has 24 heavy (non-hydrogen) atoms. The zero-order valence-electron chi connectivity index (χ0n) is 12.7. The van der Waals surface area contributed by atoms with Crippen molar-refractivity contribution in [1.29, 1.82) is 0 Å². The third-order valence-electron chi connectivity index (χ3n) is 3.67. The van der Waals surface area contributed by atoms with Crippen molar-refractivity contribution in [1.82, 2.24) is 9.78 Å². The van der Waals surface area contributed by atoms with Gasteiger partial charge in [0, 0.05) is 0 Å². The number of rotatable bonds is 3. The maximum atomic E-state index is 13.2. The first kappa shape index (κ1) is 15.6. The zero-order chi connectivity index (χ0) is 17.3. The second kappa shape index (κ2) is 6.08. The molecular weight excluding hydrogens is 311 g/mol. The minimum Gasteiger partial charge on any atom is -0.476 e. The predicted molar refractivity (Wildman–Crippen MR) is 86.9 cm³/mol. The molecule has 120 valence electrons. The molecule has 0 unspecified atom stereocenters. The largest absolute Gasteiger partial charge is 0.476 e. The summed E-state index contributed by atoms with van der Waals surface area (Å²) >= 11 is 0. The Morgan fingerprint density at radius 3 is 2.29 bits per heavy atom. The highest BCUT2D eigenvalue weighted by Crippen LogP contribution is 2.22. The van der Waals surface area contributed by atoms with E-state index >= 15 is 0 Å². The van der Waals surface area contributed by atoms with E-state index in [2.05, 4.69) is 5.10 Å². The lowest BCUT2D eigenvalue weighted by atomic mass is 10.0. The Labute approximate surface area is 136 Å². The highest BCUT2D eigenvalue weighted by Gasteiger charge is 2.20. The van der Waals surface area contributed by atoms with Crippen LogP contribution >= 0.6 is 0 Å².